The van der Waals surface area contributed by atoms with Crippen LogP contribution in [0, 0.1) is 0 Å². The lowest BCUT2D eigenvalue weighted by molar-refractivity contribution is -0.124. The number of fused-ring (bicyclic) bond motifs is 1. The lowest BCUT2D eigenvalue weighted by Gasteiger charge is -2.22. The highest BCUT2D eigenvalue weighted by Crippen LogP contribution is 2.38. The number of carbonyl (C=O) groups is 2. The van der Waals surface area contributed by atoms with Gasteiger partial charge in [0.2, 0.25) is 5.91 Å². The SMILES string of the molecule is Nc1c(C(=O)NC2CCCNC2=O)sc2cccc(Br)c12. The molecule has 0 aliphatic carbocycles. The van der Waals surface area contributed by atoms with E-state index in [1.807, 2.05) is 18.2 Å². The fourth-order valence-corrected chi connectivity index (χ4v) is 4.19. The molecule has 1 aromatic carbocycles. The minimum absolute atomic E-state index is 0.129. The highest BCUT2D eigenvalue weighted by molar-refractivity contribution is 9.10. The number of piperidine rings is 1. The highest BCUT2D eigenvalue weighted by Gasteiger charge is 2.26. The number of anilines is 1. The first kappa shape index (κ1) is 14.3. The summed E-state index contributed by atoms with van der Waals surface area (Å²) in [5.74, 6) is -0.418. The van der Waals surface area contributed by atoms with Crippen molar-refractivity contribution in [3.05, 3.63) is 27.5 Å². The number of amides is 2. The van der Waals surface area contributed by atoms with Crippen LogP contribution in [0.2, 0.25) is 0 Å². The van der Waals surface area contributed by atoms with Crippen molar-refractivity contribution in [1.29, 1.82) is 0 Å². The van der Waals surface area contributed by atoms with Gasteiger partial charge in [0.15, 0.2) is 0 Å². The molecule has 1 aliphatic rings. The van der Waals surface area contributed by atoms with Crippen molar-refractivity contribution in [3.63, 3.8) is 0 Å². The van der Waals surface area contributed by atoms with E-state index in [9.17, 15) is 9.59 Å². The third-order valence-corrected chi connectivity index (χ3v) is 5.33. The van der Waals surface area contributed by atoms with E-state index in [2.05, 4.69) is 26.6 Å². The van der Waals surface area contributed by atoms with Crippen LogP contribution < -0.4 is 16.4 Å². The smallest absolute Gasteiger partial charge is 0.264 e. The molecule has 4 N–H and O–H groups in total. The Hall–Kier alpha value is -1.60. The average Bonchev–Trinajstić information content (AvgIpc) is 2.80. The van der Waals surface area contributed by atoms with Gasteiger partial charge in [-0.1, -0.05) is 22.0 Å². The van der Waals surface area contributed by atoms with Gasteiger partial charge in [0, 0.05) is 21.1 Å². The van der Waals surface area contributed by atoms with Gasteiger partial charge in [-0.2, -0.15) is 0 Å². The maximum atomic E-state index is 12.4. The van der Waals surface area contributed by atoms with E-state index in [1.54, 1.807) is 0 Å². The van der Waals surface area contributed by atoms with Crippen LogP contribution in [0.15, 0.2) is 22.7 Å². The minimum Gasteiger partial charge on any atom is -0.397 e. The Kier molecular flexibility index (Phi) is 3.86. The summed E-state index contributed by atoms with van der Waals surface area (Å²) in [6.45, 7) is 0.670. The predicted octanol–water partition coefficient (Wildman–Crippen LogP) is 2.25. The van der Waals surface area contributed by atoms with Crippen molar-refractivity contribution in [3.8, 4) is 0 Å². The van der Waals surface area contributed by atoms with E-state index in [4.69, 9.17) is 5.73 Å². The predicted molar refractivity (Wildman–Crippen MR) is 87.4 cm³/mol. The molecule has 2 aromatic rings. The van der Waals surface area contributed by atoms with Crippen molar-refractivity contribution < 1.29 is 9.59 Å². The highest BCUT2D eigenvalue weighted by atomic mass is 79.9. The Morgan fingerprint density at radius 3 is 3.00 bits per heavy atom. The fourth-order valence-electron chi connectivity index (χ4n) is 2.43. The van der Waals surface area contributed by atoms with E-state index < -0.39 is 6.04 Å². The zero-order valence-corrected chi connectivity index (χ0v) is 13.5. The van der Waals surface area contributed by atoms with E-state index >= 15 is 0 Å². The van der Waals surface area contributed by atoms with Crippen molar-refractivity contribution >= 4 is 54.9 Å². The Bertz CT molecular complexity index is 728. The van der Waals surface area contributed by atoms with Crippen LogP contribution in [0.25, 0.3) is 10.1 Å². The molecular weight excluding hydrogens is 354 g/mol. The zero-order chi connectivity index (χ0) is 15.0. The number of nitrogens with one attached hydrogen (secondary N) is 2. The van der Waals surface area contributed by atoms with Gasteiger partial charge in [0.1, 0.15) is 10.9 Å². The van der Waals surface area contributed by atoms with Crippen LogP contribution >= 0.6 is 27.3 Å². The topological polar surface area (TPSA) is 84.2 Å². The number of nitrogen functional groups attached to an aromatic ring is 1. The minimum atomic E-state index is -0.473. The standard InChI is InChI=1S/C14H14BrN3O2S/c15-7-3-1-5-9-10(7)11(16)12(21-9)14(20)18-8-4-2-6-17-13(8)19/h1,3,5,8H,2,4,6,16H2,(H,17,19)(H,18,20). The number of carbonyl (C=O) groups excluding carboxylic acids is 2. The maximum Gasteiger partial charge on any atom is 0.264 e. The molecule has 3 rings (SSSR count). The number of halogens is 1. The van der Waals surface area contributed by atoms with Crippen LogP contribution in [0.3, 0.4) is 0 Å². The van der Waals surface area contributed by atoms with Gasteiger partial charge in [-0.05, 0) is 25.0 Å². The quantitative estimate of drug-likeness (QED) is 0.760. The molecule has 0 spiro atoms. The van der Waals surface area contributed by atoms with E-state index in [1.165, 1.54) is 11.3 Å². The Balaban J connectivity index is 1.89. The Morgan fingerprint density at radius 1 is 1.48 bits per heavy atom. The molecule has 0 saturated carbocycles. The fraction of sp³-hybridized carbons (Fsp3) is 0.286. The lowest BCUT2D eigenvalue weighted by Crippen LogP contribution is -2.50. The molecule has 2 amide bonds. The van der Waals surface area contributed by atoms with Crippen LogP contribution in [0.1, 0.15) is 22.5 Å². The van der Waals surface area contributed by atoms with Crippen LogP contribution in [0.4, 0.5) is 5.69 Å². The number of nitrogens with two attached hydrogens (primary N) is 1. The summed E-state index contributed by atoms with van der Waals surface area (Å²) in [7, 11) is 0. The largest absolute Gasteiger partial charge is 0.397 e. The van der Waals surface area contributed by atoms with Crippen LogP contribution in [0.5, 0.6) is 0 Å². The summed E-state index contributed by atoms with van der Waals surface area (Å²) in [6, 6.07) is 5.24. The number of benzene rings is 1. The molecule has 0 radical (unpaired) electrons. The van der Waals surface area contributed by atoms with E-state index in [0.717, 1.165) is 21.0 Å². The third-order valence-electron chi connectivity index (χ3n) is 3.50. The molecule has 1 saturated heterocycles. The summed E-state index contributed by atoms with van der Waals surface area (Å²) >= 11 is 4.79. The molecule has 5 nitrogen and oxygen atoms in total. The van der Waals surface area contributed by atoms with Gasteiger partial charge >= 0.3 is 0 Å². The summed E-state index contributed by atoms with van der Waals surface area (Å²) in [5.41, 5.74) is 6.55. The lowest BCUT2D eigenvalue weighted by atomic mass is 10.1. The first-order chi connectivity index (χ1) is 10.1. The molecule has 1 fully saturated rings. The molecular formula is C14H14BrN3O2S. The Labute approximate surface area is 134 Å². The molecule has 1 unspecified atom stereocenters. The summed E-state index contributed by atoms with van der Waals surface area (Å²) in [6.07, 6.45) is 1.52. The summed E-state index contributed by atoms with van der Waals surface area (Å²) < 4.78 is 1.81. The van der Waals surface area contributed by atoms with Crippen LogP contribution in [-0.2, 0) is 4.79 Å². The van der Waals surface area contributed by atoms with Gasteiger partial charge in [-0.25, -0.2) is 0 Å². The van der Waals surface area contributed by atoms with Gasteiger partial charge in [0.25, 0.3) is 5.91 Å². The number of rotatable bonds is 2. The van der Waals surface area contributed by atoms with Crippen molar-refractivity contribution in [2.45, 2.75) is 18.9 Å². The van der Waals surface area contributed by atoms with Gasteiger partial charge in [0.05, 0.1) is 5.69 Å². The third kappa shape index (κ3) is 2.63. The molecule has 0 bridgehead atoms. The first-order valence-corrected chi connectivity index (χ1v) is 8.24. The molecule has 7 heteroatoms. The van der Waals surface area contributed by atoms with Gasteiger partial charge in [-0.3, -0.25) is 9.59 Å². The molecule has 110 valence electrons. The van der Waals surface area contributed by atoms with Crippen LogP contribution in [-0.4, -0.2) is 24.4 Å². The average molecular weight is 368 g/mol. The molecule has 1 aromatic heterocycles. The van der Waals surface area contributed by atoms with E-state index in [0.29, 0.717) is 23.5 Å². The van der Waals surface area contributed by atoms with E-state index in [-0.39, 0.29) is 11.8 Å². The van der Waals surface area contributed by atoms with Crippen molar-refractivity contribution in [1.82, 2.24) is 10.6 Å². The second-order valence-electron chi connectivity index (χ2n) is 4.92. The second-order valence-corrected chi connectivity index (χ2v) is 6.82. The normalized spacial score (nSPS) is 18.5. The number of hydrogen-bond donors (Lipinski definition) is 3. The summed E-state index contributed by atoms with van der Waals surface area (Å²) in [4.78, 5) is 24.5. The van der Waals surface area contributed by atoms with Gasteiger partial charge < -0.3 is 16.4 Å². The molecule has 1 aliphatic heterocycles. The van der Waals surface area contributed by atoms with Crippen molar-refractivity contribution in [2.24, 2.45) is 0 Å². The molecule has 2 heterocycles. The van der Waals surface area contributed by atoms with Gasteiger partial charge in [-0.15, -0.1) is 11.3 Å². The summed E-state index contributed by atoms with van der Waals surface area (Å²) in [5, 5.41) is 6.37. The number of hydrogen-bond acceptors (Lipinski definition) is 4. The maximum absolute atomic E-state index is 12.4. The van der Waals surface area contributed by atoms with Crippen molar-refractivity contribution in [2.75, 3.05) is 12.3 Å². The molecule has 21 heavy (non-hydrogen) atoms. The number of thiophene rings is 1. The molecule has 1 atom stereocenters. The zero-order valence-electron chi connectivity index (χ0n) is 11.1. The second kappa shape index (κ2) is 5.65. The monoisotopic (exact) mass is 367 g/mol. The first-order valence-electron chi connectivity index (χ1n) is 6.63. The Morgan fingerprint density at radius 2 is 2.29 bits per heavy atom.